The lowest BCUT2D eigenvalue weighted by Gasteiger charge is -2.18. The standard InChI is InChI=1S/C13H22ClN3O2/c1-3-19-10-12-15-11(14)9-13(16-12)17(2)7-5-4-6-8-18/h9,18H,3-8,10H2,1-2H3. The van der Waals surface area contributed by atoms with Gasteiger partial charge < -0.3 is 14.7 Å². The summed E-state index contributed by atoms with van der Waals surface area (Å²) in [6, 6.07) is 1.75. The molecule has 0 atom stereocenters. The van der Waals surface area contributed by atoms with E-state index < -0.39 is 0 Å². The number of aliphatic hydroxyl groups is 1. The Morgan fingerprint density at radius 3 is 2.79 bits per heavy atom. The summed E-state index contributed by atoms with van der Waals surface area (Å²) in [4.78, 5) is 10.6. The third-order valence-electron chi connectivity index (χ3n) is 2.71. The van der Waals surface area contributed by atoms with Gasteiger partial charge in [0.05, 0.1) is 0 Å². The summed E-state index contributed by atoms with van der Waals surface area (Å²) in [5.41, 5.74) is 0. The Morgan fingerprint density at radius 1 is 1.32 bits per heavy atom. The smallest absolute Gasteiger partial charge is 0.158 e. The van der Waals surface area contributed by atoms with Crippen LogP contribution in [0.3, 0.4) is 0 Å². The average Bonchev–Trinajstić information content (AvgIpc) is 2.40. The Hall–Kier alpha value is -0.910. The highest BCUT2D eigenvalue weighted by Gasteiger charge is 2.07. The van der Waals surface area contributed by atoms with Crippen molar-refractivity contribution < 1.29 is 9.84 Å². The highest BCUT2D eigenvalue weighted by atomic mass is 35.5. The summed E-state index contributed by atoms with van der Waals surface area (Å²) in [5.74, 6) is 1.41. The van der Waals surface area contributed by atoms with E-state index in [1.165, 1.54) is 0 Å². The number of aromatic nitrogens is 2. The van der Waals surface area contributed by atoms with E-state index in [1.54, 1.807) is 6.07 Å². The first-order valence-electron chi connectivity index (χ1n) is 6.60. The molecule has 0 saturated heterocycles. The van der Waals surface area contributed by atoms with Gasteiger partial charge in [-0.2, -0.15) is 0 Å². The number of aliphatic hydroxyl groups excluding tert-OH is 1. The quantitative estimate of drug-likeness (QED) is 0.558. The number of hydrogen-bond donors (Lipinski definition) is 1. The Balaban J connectivity index is 2.57. The molecule has 0 unspecified atom stereocenters. The fourth-order valence-corrected chi connectivity index (χ4v) is 1.85. The van der Waals surface area contributed by atoms with Gasteiger partial charge in [-0.25, -0.2) is 9.97 Å². The summed E-state index contributed by atoms with van der Waals surface area (Å²) in [7, 11) is 1.97. The molecule has 6 heteroatoms. The van der Waals surface area contributed by atoms with Crippen molar-refractivity contribution in [3.8, 4) is 0 Å². The molecule has 1 aromatic rings. The molecule has 0 aliphatic carbocycles. The van der Waals surface area contributed by atoms with Gasteiger partial charge in [-0.05, 0) is 26.2 Å². The molecule has 1 aromatic heterocycles. The minimum absolute atomic E-state index is 0.252. The highest BCUT2D eigenvalue weighted by Crippen LogP contribution is 2.16. The number of anilines is 1. The zero-order chi connectivity index (χ0) is 14.1. The van der Waals surface area contributed by atoms with Crippen LogP contribution in [0.2, 0.25) is 5.15 Å². The molecule has 0 aliphatic heterocycles. The van der Waals surface area contributed by atoms with Crippen LogP contribution in [0.5, 0.6) is 0 Å². The number of rotatable bonds is 9. The van der Waals surface area contributed by atoms with Crippen LogP contribution in [-0.2, 0) is 11.3 Å². The first-order valence-corrected chi connectivity index (χ1v) is 6.98. The second-order valence-corrected chi connectivity index (χ2v) is 4.70. The van der Waals surface area contributed by atoms with Crippen LogP contribution in [0.1, 0.15) is 32.0 Å². The molecule has 1 rings (SSSR count). The molecule has 19 heavy (non-hydrogen) atoms. The van der Waals surface area contributed by atoms with E-state index in [0.717, 1.165) is 31.6 Å². The van der Waals surface area contributed by atoms with Gasteiger partial charge in [0.15, 0.2) is 5.82 Å². The number of hydrogen-bond acceptors (Lipinski definition) is 5. The van der Waals surface area contributed by atoms with Crippen molar-refractivity contribution in [1.82, 2.24) is 9.97 Å². The molecule has 0 fully saturated rings. The van der Waals surface area contributed by atoms with Gasteiger partial charge in [-0.1, -0.05) is 11.6 Å². The molecule has 0 aliphatic rings. The maximum Gasteiger partial charge on any atom is 0.158 e. The number of ether oxygens (including phenoxy) is 1. The molecule has 0 radical (unpaired) electrons. The van der Waals surface area contributed by atoms with E-state index in [9.17, 15) is 0 Å². The second-order valence-electron chi connectivity index (χ2n) is 4.31. The zero-order valence-corrected chi connectivity index (χ0v) is 12.4. The normalized spacial score (nSPS) is 10.7. The Kier molecular flexibility index (Phi) is 7.70. The third-order valence-corrected chi connectivity index (χ3v) is 2.90. The average molecular weight is 288 g/mol. The molecule has 0 saturated carbocycles. The van der Waals surface area contributed by atoms with Crippen molar-refractivity contribution in [2.24, 2.45) is 0 Å². The van der Waals surface area contributed by atoms with Crippen LogP contribution in [0.25, 0.3) is 0 Å². The van der Waals surface area contributed by atoms with E-state index >= 15 is 0 Å². The topological polar surface area (TPSA) is 58.5 Å². The molecule has 108 valence electrons. The van der Waals surface area contributed by atoms with Crippen molar-refractivity contribution in [2.75, 3.05) is 31.7 Å². The van der Waals surface area contributed by atoms with Crippen LogP contribution in [0, 0.1) is 0 Å². The van der Waals surface area contributed by atoms with E-state index in [-0.39, 0.29) is 6.61 Å². The predicted molar refractivity (Wildman–Crippen MR) is 76.6 cm³/mol. The maximum atomic E-state index is 8.74. The van der Waals surface area contributed by atoms with Crippen molar-refractivity contribution in [3.63, 3.8) is 0 Å². The first kappa shape index (κ1) is 16.1. The van der Waals surface area contributed by atoms with E-state index in [1.807, 2.05) is 18.9 Å². The fourth-order valence-electron chi connectivity index (χ4n) is 1.66. The molecule has 0 aromatic carbocycles. The van der Waals surface area contributed by atoms with E-state index in [4.69, 9.17) is 21.4 Å². The van der Waals surface area contributed by atoms with Crippen LogP contribution in [0.4, 0.5) is 5.82 Å². The van der Waals surface area contributed by atoms with Crippen LogP contribution < -0.4 is 4.90 Å². The third kappa shape index (κ3) is 6.18. The van der Waals surface area contributed by atoms with Gasteiger partial charge in [0.25, 0.3) is 0 Å². The number of unbranched alkanes of at least 4 members (excludes halogenated alkanes) is 2. The van der Waals surface area contributed by atoms with E-state index in [2.05, 4.69) is 9.97 Å². The van der Waals surface area contributed by atoms with Gasteiger partial charge in [0.2, 0.25) is 0 Å². The van der Waals surface area contributed by atoms with Crippen LogP contribution in [0.15, 0.2) is 6.07 Å². The van der Waals surface area contributed by atoms with Crippen LogP contribution >= 0.6 is 11.6 Å². The van der Waals surface area contributed by atoms with Gasteiger partial charge >= 0.3 is 0 Å². The lowest BCUT2D eigenvalue weighted by Crippen LogP contribution is -2.20. The summed E-state index contributed by atoms with van der Waals surface area (Å²) in [6.45, 7) is 4.06. The van der Waals surface area contributed by atoms with E-state index in [0.29, 0.717) is 24.2 Å². The Labute approximate surface area is 119 Å². The molecule has 5 nitrogen and oxygen atoms in total. The molecule has 1 heterocycles. The molecular formula is C13H22ClN3O2. The number of halogens is 1. The first-order chi connectivity index (χ1) is 9.17. The SMILES string of the molecule is CCOCc1nc(Cl)cc(N(C)CCCCCO)n1. The van der Waals surface area contributed by atoms with Crippen molar-refractivity contribution in [2.45, 2.75) is 32.8 Å². The molecule has 0 spiro atoms. The molecular weight excluding hydrogens is 266 g/mol. The largest absolute Gasteiger partial charge is 0.396 e. The van der Waals surface area contributed by atoms with Crippen molar-refractivity contribution in [3.05, 3.63) is 17.0 Å². The fraction of sp³-hybridized carbons (Fsp3) is 0.692. The van der Waals surface area contributed by atoms with Gasteiger partial charge in [0, 0.05) is 32.9 Å². The second kappa shape index (κ2) is 9.07. The molecule has 0 amide bonds. The van der Waals surface area contributed by atoms with Gasteiger partial charge in [0.1, 0.15) is 17.6 Å². The maximum absolute atomic E-state index is 8.74. The molecule has 0 bridgehead atoms. The summed E-state index contributed by atoms with van der Waals surface area (Å²) >= 11 is 5.99. The Bertz CT molecular complexity index is 377. The predicted octanol–water partition coefficient (Wildman–Crippen LogP) is 2.27. The lowest BCUT2D eigenvalue weighted by atomic mass is 10.2. The van der Waals surface area contributed by atoms with Gasteiger partial charge in [-0.3, -0.25) is 0 Å². The highest BCUT2D eigenvalue weighted by molar-refractivity contribution is 6.29. The monoisotopic (exact) mass is 287 g/mol. The van der Waals surface area contributed by atoms with Gasteiger partial charge in [-0.15, -0.1) is 0 Å². The minimum Gasteiger partial charge on any atom is -0.396 e. The summed E-state index contributed by atoms with van der Waals surface area (Å²) in [5, 5.41) is 9.17. The summed E-state index contributed by atoms with van der Waals surface area (Å²) in [6.07, 6.45) is 2.86. The van der Waals surface area contributed by atoms with Crippen LogP contribution in [-0.4, -0.2) is 41.9 Å². The minimum atomic E-state index is 0.252. The van der Waals surface area contributed by atoms with Crippen molar-refractivity contribution >= 4 is 17.4 Å². The zero-order valence-electron chi connectivity index (χ0n) is 11.6. The van der Waals surface area contributed by atoms with Crippen molar-refractivity contribution in [1.29, 1.82) is 0 Å². The number of nitrogens with zero attached hydrogens (tertiary/aromatic N) is 3. The Morgan fingerprint density at radius 2 is 2.11 bits per heavy atom. The molecule has 1 N–H and O–H groups in total. The lowest BCUT2D eigenvalue weighted by molar-refractivity contribution is 0.128. The summed E-state index contributed by atoms with van der Waals surface area (Å²) < 4.78 is 5.29.